The molecule has 6 heteroatoms. The van der Waals surface area contributed by atoms with E-state index in [4.69, 9.17) is 4.74 Å². The maximum absolute atomic E-state index is 13.4. The summed E-state index contributed by atoms with van der Waals surface area (Å²) in [6.07, 6.45) is 6.82. The van der Waals surface area contributed by atoms with Crippen molar-refractivity contribution in [1.29, 1.82) is 0 Å². The maximum Gasteiger partial charge on any atom is 0.132 e. The number of fused-ring (bicyclic) bond motifs is 2. The van der Waals surface area contributed by atoms with Crippen LogP contribution < -0.4 is 4.74 Å². The number of benzene rings is 2. The van der Waals surface area contributed by atoms with E-state index >= 15 is 0 Å². The van der Waals surface area contributed by atoms with E-state index in [-0.39, 0.29) is 5.82 Å². The molecule has 4 rings (SSSR count). The standard InChI is InChI=1S/C11H10BrNO.C10H7BrFN/c1-7-3-8-9(11(4-7)14-2)5-13-6-10(8)12;1-6-2-7-8(10(12)3-6)4-13-5-9(7)11/h3-6H,1-2H3;2-5H,1H3. The van der Waals surface area contributed by atoms with E-state index in [2.05, 4.69) is 54.8 Å². The molecule has 0 bridgehead atoms. The number of aryl methyl sites for hydroxylation is 2. The maximum atomic E-state index is 13.4. The SMILES string of the molecule is COc1cc(C)cc2c(Br)cncc12.Cc1cc(F)c2cncc(Br)c2c1. The third-order valence-electron chi connectivity index (χ3n) is 4.08. The molecule has 27 heavy (non-hydrogen) atoms. The van der Waals surface area contributed by atoms with Crippen LogP contribution in [-0.4, -0.2) is 17.1 Å². The van der Waals surface area contributed by atoms with Crippen molar-refractivity contribution in [2.75, 3.05) is 7.11 Å². The summed E-state index contributed by atoms with van der Waals surface area (Å²) < 4.78 is 20.5. The fraction of sp³-hybridized carbons (Fsp3) is 0.143. The first-order valence-electron chi connectivity index (χ1n) is 8.18. The molecule has 3 nitrogen and oxygen atoms in total. The van der Waals surface area contributed by atoms with Crippen molar-refractivity contribution in [3.63, 3.8) is 0 Å². The molecular formula is C21H17Br2FN2O. The molecule has 0 N–H and O–H groups in total. The second-order valence-electron chi connectivity index (χ2n) is 6.15. The summed E-state index contributed by atoms with van der Waals surface area (Å²) in [6.45, 7) is 3.92. The molecule has 2 aromatic heterocycles. The van der Waals surface area contributed by atoms with Crippen LogP contribution in [0.5, 0.6) is 5.75 Å². The van der Waals surface area contributed by atoms with Crippen molar-refractivity contribution < 1.29 is 9.13 Å². The van der Waals surface area contributed by atoms with Gasteiger partial charge in [0.2, 0.25) is 0 Å². The highest BCUT2D eigenvalue weighted by atomic mass is 79.9. The predicted molar refractivity (Wildman–Crippen MR) is 115 cm³/mol. The molecule has 0 aliphatic rings. The molecule has 0 spiro atoms. The van der Waals surface area contributed by atoms with Crippen molar-refractivity contribution >= 4 is 53.4 Å². The third-order valence-corrected chi connectivity index (χ3v) is 5.34. The lowest BCUT2D eigenvalue weighted by Crippen LogP contribution is -1.88. The summed E-state index contributed by atoms with van der Waals surface area (Å²) in [5.41, 5.74) is 2.10. The smallest absolute Gasteiger partial charge is 0.132 e. The van der Waals surface area contributed by atoms with Gasteiger partial charge in [0.25, 0.3) is 0 Å². The zero-order chi connectivity index (χ0) is 19.6. The Balaban J connectivity index is 0.000000156. The van der Waals surface area contributed by atoms with Gasteiger partial charge in [-0.2, -0.15) is 0 Å². The van der Waals surface area contributed by atoms with Crippen LogP contribution in [0.25, 0.3) is 21.5 Å². The summed E-state index contributed by atoms with van der Waals surface area (Å²) in [7, 11) is 1.68. The molecule has 0 amide bonds. The lowest BCUT2D eigenvalue weighted by atomic mass is 10.1. The average molecular weight is 492 g/mol. The van der Waals surface area contributed by atoms with Gasteiger partial charge in [0, 0.05) is 55.3 Å². The van der Waals surface area contributed by atoms with Crippen LogP contribution in [0.4, 0.5) is 4.39 Å². The number of nitrogens with zero attached hydrogens (tertiary/aromatic N) is 2. The first-order valence-corrected chi connectivity index (χ1v) is 9.76. The Bertz CT molecular complexity index is 1130. The van der Waals surface area contributed by atoms with Crippen molar-refractivity contribution in [1.82, 2.24) is 9.97 Å². The summed E-state index contributed by atoms with van der Waals surface area (Å²) in [6, 6.07) is 7.57. The van der Waals surface area contributed by atoms with E-state index in [0.29, 0.717) is 5.39 Å². The molecule has 0 saturated heterocycles. The first-order chi connectivity index (χ1) is 12.9. The van der Waals surface area contributed by atoms with E-state index in [9.17, 15) is 4.39 Å². The Morgan fingerprint density at radius 2 is 1.26 bits per heavy atom. The lowest BCUT2D eigenvalue weighted by Gasteiger charge is -2.07. The summed E-state index contributed by atoms with van der Waals surface area (Å²) in [5, 5.41) is 3.59. The molecular weight excluding hydrogens is 475 g/mol. The van der Waals surface area contributed by atoms with Gasteiger partial charge >= 0.3 is 0 Å². The van der Waals surface area contributed by atoms with Gasteiger partial charge in [0.15, 0.2) is 0 Å². The number of ether oxygens (including phenoxy) is 1. The van der Waals surface area contributed by atoms with Crippen molar-refractivity contribution in [3.8, 4) is 5.75 Å². The van der Waals surface area contributed by atoms with E-state index in [1.54, 1.807) is 19.5 Å². The number of methoxy groups -OCH3 is 1. The fourth-order valence-electron chi connectivity index (χ4n) is 2.84. The molecule has 0 saturated carbocycles. The Kier molecular flexibility index (Phi) is 6.07. The van der Waals surface area contributed by atoms with Gasteiger partial charge in [-0.3, -0.25) is 9.97 Å². The van der Waals surface area contributed by atoms with Crippen molar-refractivity contribution in [3.05, 3.63) is 74.9 Å². The van der Waals surface area contributed by atoms with Gasteiger partial charge in [0.05, 0.1) is 7.11 Å². The van der Waals surface area contributed by atoms with E-state index in [1.165, 1.54) is 17.8 Å². The molecule has 0 atom stereocenters. The average Bonchev–Trinajstić information content (AvgIpc) is 2.63. The largest absolute Gasteiger partial charge is 0.496 e. The van der Waals surface area contributed by atoms with Gasteiger partial charge in [-0.05, 0) is 81.1 Å². The van der Waals surface area contributed by atoms with Crippen LogP contribution in [0.15, 0.2) is 58.0 Å². The molecule has 2 aromatic carbocycles. The van der Waals surface area contributed by atoms with Crippen LogP contribution in [0.3, 0.4) is 0 Å². The zero-order valence-corrected chi connectivity index (χ0v) is 18.2. The van der Waals surface area contributed by atoms with Gasteiger partial charge < -0.3 is 4.74 Å². The summed E-state index contributed by atoms with van der Waals surface area (Å²) >= 11 is 6.81. The molecule has 0 aliphatic carbocycles. The van der Waals surface area contributed by atoms with E-state index in [0.717, 1.165) is 36.4 Å². The molecule has 0 radical (unpaired) electrons. The van der Waals surface area contributed by atoms with E-state index in [1.807, 2.05) is 25.3 Å². The molecule has 0 aliphatic heterocycles. The van der Waals surface area contributed by atoms with Crippen LogP contribution >= 0.6 is 31.9 Å². The molecule has 138 valence electrons. The molecule has 4 aromatic rings. The number of hydrogen-bond acceptors (Lipinski definition) is 3. The predicted octanol–water partition coefficient (Wildman–Crippen LogP) is 6.76. The second-order valence-corrected chi connectivity index (χ2v) is 7.86. The van der Waals surface area contributed by atoms with Gasteiger partial charge in [-0.1, -0.05) is 0 Å². The lowest BCUT2D eigenvalue weighted by molar-refractivity contribution is 0.419. The highest BCUT2D eigenvalue weighted by Crippen LogP contribution is 2.31. The van der Waals surface area contributed by atoms with Gasteiger partial charge in [-0.25, -0.2) is 4.39 Å². The van der Waals surface area contributed by atoms with Crippen LogP contribution in [0.2, 0.25) is 0 Å². The quantitative estimate of drug-likeness (QED) is 0.295. The summed E-state index contributed by atoms with van der Waals surface area (Å²) in [4.78, 5) is 8.04. The van der Waals surface area contributed by atoms with Crippen molar-refractivity contribution in [2.45, 2.75) is 13.8 Å². The number of hydrogen-bond donors (Lipinski definition) is 0. The Morgan fingerprint density at radius 1 is 0.741 bits per heavy atom. The first kappa shape index (κ1) is 19.7. The number of aromatic nitrogens is 2. The number of pyridine rings is 2. The Hall–Kier alpha value is -2.05. The molecule has 0 fully saturated rings. The number of halogens is 3. The van der Waals surface area contributed by atoms with Gasteiger partial charge in [-0.15, -0.1) is 0 Å². The highest BCUT2D eigenvalue weighted by molar-refractivity contribution is 9.11. The third kappa shape index (κ3) is 4.28. The zero-order valence-electron chi connectivity index (χ0n) is 15.1. The molecule has 2 heterocycles. The number of rotatable bonds is 1. The van der Waals surface area contributed by atoms with Crippen LogP contribution in [0.1, 0.15) is 11.1 Å². The minimum atomic E-state index is -0.219. The molecule has 0 unspecified atom stereocenters. The Morgan fingerprint density at radius 3 is 1.85 bits per heavy atom. The van der Waals surface area contributed by atoms with Gasteiger partial charge in [0.1, 0.15) is 11.6 Å². The second kappa shape index (κ2) is 8.31. The highest BCUT2D eigenvalue weighted by Gasteiger charge is 2.06. The Labute approximate surface area is 173 Å². The fourth-order valence-corrected chi connectivity index (χ4v) is 3.73. The normalized spacial score (nSPS) is 10.6. The minimum absolute atomic E-state index is 0.219. The van der Waals surface area contributed by atoms with Crippen molar-refractivity contribution in [2.24, 2.45) is 0 Å². The summed E-state index contributed by atoms with van der Waals surface area (Å²) in [5.74, 6) is 0.651. The van der Waals surface area contributed by atoms with E-state index < -0.39 is 0 Å². The monoisotopic (exact) mass is 490 g/mol. The minimum Gasteiger partial charge on any atom is -0.496 e. The van der Waals surface area contributed by atoms with Crippen LogP contribution in [0, 0.1) is 19.7 Å². The van der Waals surface area contributed by atoms with Crippen LogP contribution in [-0.2, 0) is 0 Å². The topological polar surface area (TPSA) is 35.0 Å².